The van der Waals surface area contributed by atoms with Crippen LogP contribution in [-0.2, 0) is 11.8 Å². The minimum Gasteiger partial charge on any atom is -0.455 e. The smallest absolute Gasteiger partial charge is 0.246 e. The molecule has 212 valence electrons. The van der Waals surface area contributed by atoms with Gasteiger partial charge in [-0.15, -0.1) is 0 Å². The van der Waals surface area contributed by atoms with Gasteiger partial charge < -0.3 is 19.5 Å². The summed E-state index contributed by atoms with van der Waals surface area (Å²) >= 11 is 0. The highest BCUT2D eigenvalue weighted by Gasteiger charge is 2.42. The van der Waals surface area contributed by atoms with Crippen LogP contribution in [0.15, 0.2) is 61.8 Å². The number of fused-ring (bicyclic) bond motifs is 5. The van der Waals surface area contributed by atoms with Crippen LogP contribution in [-0.4, -0.2) is 52.9 Å². The van der Waals surface area contributed by atoms with Gasteiger partial charge in [-0.3, -0.25) is 4.79 Å². The van der Waals surface area contributed by atoms with E-state index < -0.39 is 5.82 Å². The third kappa shape index (κ3) is 4.50. The molecular formula is C31H29FN8O2. The zero-order valence-electron chi connectivity index (χ0n) is 23.3. The molecule has 1 aliphatic carbocycles. The van der Waals surface area contributed by atoms with Crippen LogP contribution in [0.3, 0.4) is 0 Å². The lowest BCUT2D eigenvalue weighted by molar-refractivity contribution is -0.134. The Bertz CT molecular complexity index is 1870. The van der Waals surface area contributed by atoms with Crippen LogP contribution in [0.5, 0.6) is 11.5 Å². The van der Waals surface area contributed by atoms with Gasteiger partial charge in [0.1, 0.15) is 34.7 Å². The highest BCUT2D eigenvalue weighted by molar-refractivity contribution is 5.88. The molecular weight excluding hydrogens is 535 g/mol. The van der Waals surface area contributed by atoms with Crippen molar-refractivity contribution in [1.29, 1.82) is 0 Å². The zero-order valence-corrected chi connectivity index (χ0v) is 23.3. The third-order valence-electron chi connectivity index (χ3n) is 8.45. The van der Waals surface area contributed by atoms with Crippen LogP contribution in [0, 0.1) is 18.7 Å². The zero-order chi connectivity index (χ0) is 29.0. The Kier molecular flexibility index (Phi) is 6.29. The summed E-state index contributed by atoms with van der Waals surface area (Å²) in [6.45, 7) is 6.21. The van der Waals surface area contributed by atoms with Gasteiger partial charge >= 0.3 is 0 Å². The van der Waals surface area contributed by atoms with Crippen molar-refractivity contribution in [2.24, 2.45) is 13.0 Å². The van der Waals surface area contributed by atoms with Gasteiger partial charge in [-0.1, -0.05) is 6.58 Å². The molecule has 11 heteroatoms. The number of halogens is 1. The Balaban J connectivity index is 1.15. The van der Waals surface area contributed by atoms with E-state index in [4.69, 9.17) is 9.72 Å². The fraction of sp³-hybridized carbons (Fsp3) is 0.290. The Morgan fingerprint density at radius 2 is 2.02 bits per heavy atom. The summed E-state index contributed by atoms with van der Waals surface area (Å²) < 4.78 is 23.2. The molecule has 4 aromatic heterocycles. The van der Waals surface area contributed by atoms with Gasteiger partial charge in [0.25, 0.3) is 0 Å². The second-order valence-corrected chi connectivity index (χ2v) is 11.0. The quantitative estimate of drug-likeness (QED) is 0.267. The lowest BCUT2D eigenvalue weighted by atomic mass is 9.70. The molecule has 5 aromatic rings. The summed E-state index contributed by atoms with van der Waals surface area (Å²) in [5.41, 5.74) is 4.58. The predicted octanol–water partition coefficient (Wildman–Crippen LogP) is 5.57. The van der Waals surface area contributed by atoms with E-state index in [1.807, 2.05) is 35.6 Å². The molecule has 1 saturated carbocycles. The normalized spacial score (nSPS) is 19.8. The third-order valence-corrected chi connectivity index (χ3v) is 8.45. The second kappa shape index (κ2) is 10.2. The number of aromatic nitrogens is 6. The number of rotatable bonds is 6. The van der Waals surface area contributed by atoms with Crippen LogP contribution in [0.4, 0.5) is 15.9 Å². The Morgan fingerprint density at radius 3 is 2.83 bits per heavy atom. The molecule has 10 nitrogen and oxygen atoms in total. The largest absolute Gasteiger partial charge is 0.455 e. The number of piperidine rings is 2. The minimum absolute atomic E-state index is 0.00539. The average Bonchev–Trinajstić information content (AvgIpc) is 3.38. The van der Waals surface area contributed by atoms with Crippen molar-refractivity contribution < 1.29 is 13.9 Å². The van der Waals surface area contributed by atoms with Crippen molar-refractivity contribution in [2.75, 3.05) is 11.9 Å². The van der Waals surface area contributed by atoms with Crippen molar-refractivity contribution >= 4 is 39.6 Å². The molecule has 0 spiro atoms. The lowest BCUT2D eigenvalue weighted by Gasteiger charge is -2.49. The minimum atomic E-state index is -0.498. The van der Waals surface area contributed by atoms with Crippen LogP contribution in [0.1, 0.15) is 36.4 Å². The number of imidazole rings is 1. The Labute approximate surface area is 241 Å². The summed E-state index contributed by atoms with van der Waals surface area (Å²) in [5, 5.41) is 3.13. The number of nitrogens with zero attached hydrogens (tertiary/aromatic N) is 7. The number of carbonyl (C=O) groups excluding carboxylic acids is 1. The van der Waals surface area contributed by atoms with Gasteiger partial charge in [-0.2, -0.15) is 0 Å². The van der Waals surface area contributed by atoms with E-state index >= 15 is 4.39 Å². The molecule has 1 N–H and O–H groups in total. The highest BCUT2D eigenvalue weighted by atomic mass is 19.1. The van der Waals surface area contributed by atoms with Gasteiger partial charge in [0.2, 0.25) is 5.91 Å². The first kappa shape index (κ1) is 26.0. The fourth-order valence-corrected chi connectivity index (χ4v) is 6.29. The van der Waals surface area contributed by atoms with Crippen LogP contribution in [0.2, 0.25) is 0 Å². The first-order valence-corrected chi connectivity index (χ1v) is 13.9. The number of amides is 1. The summed E-state index contributed by atoms with van der Waals surface area (Å²) in [4.78, 5) is 36.7. The molecule has 3 aliphatic rings. The first-order valence-electron chi connectivity index (χ1n) is 13.9. The van der Waals surface area contributed by atoms with Gasteiger partial charge in [0, 0.05) is 43.4 Å². The van der Waals surface area contributed by atoms with E-state index in [9.17, 15) is 4.79 Å². The van der Waals surface area contributed by atoms with Crippen molar-refractivity contribution in [1.82, 2.24) is 34.4 Å². The highest BCUT2D eigenvalue weighted by Crippen LogP contribution is 2.45. The van der Waals surface area contributed by atoms with Gasteiger partial charge in [-0.05, 0) is 61.9 Å². The lowest BCUT2D eigenvalue weighted by Crippen LogP contribution is -2.53. The maximum atomic E-state index is 15.4. The number of benzene rings is 1. The Hall–Kier alpha value is -4.93. The number of hydrogen-bond donors (Lipinski definition) is 1. The molecule has 3 atom stereocenters. The van der Waals surface area contributed by atoms with Crippen LogP contribution >= 0.6 is 0 Å². The van der Waals surface area contributed by atoms with Crippen molar-refractivity contribution in [2.45, 2.75) is 38.1 Å². The molecule has 2 bridgehead atoms. The van der Waals surface area contributed by atoms with E-state index in [1.54, 1.807) is 24.7 Å². The van der Waals surface area contributed by atoms with E-state index in [0.717, 1.165) is 36.2 Å². The monoisotopic (exact) mass is 564 g/mol. The van der Waals surface area contributed by atoms with Crippen LogP contribution in [0.25, 0.3) is 22.2 Å². The molecule has 1 aromatic carbocycles. The number of pyridine rings is 2. The number of carbonyl (C=O) groups is 1. The maximum Gasteiger partial charge on any atom is 0.246 e. The van der Waals surface area contributed by atoms with Gasteiger partial charge in [0.05, 0.1) is 23.7 Å². The van der Waals surface area contributed by atoms with Crippen molar-refractivity contribution in [3.8, 4) is 11.5 Å². The summed E-state index contributed by atoms with van der Waals surface area (Å²) in [6.07, 6.45) is 9.02. The van der Waals surface area contributed by atoms with E-state index in [0.29, 0.717) is 46.3 Å². The number of nitrogens with one attached hydrogen (secondary N) is 1. The number of hydrogen-bond acceptors (Lipinski definition) is 8. The molecule has 3 fully saturated rings. The van der Waals surface area contributed by atoms with E-state index in [-0.39, 0.29) is 23.6 Å². The Morgan fingerprint density at radius 1 is 1.14 bits per heavy atom. The molecule has 8 rings (SSSR count). The van der Waals surface area contributed by atoms with Crippen molar-refractivity contribution in [3.63, 3.8) is 0 Å². The average molecular weight is 565 g/mol. The van der Waals surface area contributed by atoms with Gasteiger partial charge in [-0.25, -0.2) is 29.3 Å². The summed E-state index contributed by atoms with van der Waals surface area (Å²) in [6, 6.07) is 8.93. The first-order chi connectivity index (χ1) is 20.4. The molecule has 6 heterocycles. The number of anilines is 2. The second-order valence-electron chi connectivity index (χ2n) is 11.0. The summed E-state index contributed by atoms with van der Waals surface area (Å²) in [5.74, 6) is 1.31. The van der Waals surface area contributed by atoms with E-state index in [2.05, 4.69) is 31.8 Å². The molecule has 2 aliphatic heterocycles. The van der Waals surface area contributed by atoms with Gasteiger partial charge in [0.15, 0.2) is 11.5 Å². The van der Waals surface area contributed by atoms with E-state index in [1.165, 1.54) is 18.5 Å². The van der Waals surface area contributed by atoms with Crippen LogP contribution < -0.4 is 10.1 Å². The fourth-order valence-electron chi connectivity index (χ4n) is 6.29. The molecule has 1 amide bonds. The van der Waals surface area contributed by atoms with Crippen molar-refractivity contribution in [3.05, 3.63) is 78.9 Å². The molecule has 0 radical (unpaired) electrons. The molecule has 42 heavy (non-hydrogen) atoms. The topological polar surface area (TPSA) is 111 Å². The predicted molar refractivity (Wildman–Crippen MR) is 156 cm³/mol. The molecule has 2 saturated heterocycles. The number of ether oxygens (including phenoxy) is 1. The number of aryl methyl sites for hydroxylation is 2. The summed E-state index contributed by atoms with van der Waals surface area (Å²) in [7, 11) is 1.87. The SMILES string of the molecule is C=CC(=O)N1C[C@H]2CC[C@@H]1C[C@@H]2c1ccc2ncnc(Nc3cc(C)c(Oc4cnc5c(c4)ncn5C)cc3F)c2n1. The molecule has 0 unspecified atom stereocenters. The standard InChI is InChI=1S/C31H29FN8O2/c1-4-28(41)40-14-18-5-6-19(40)10-21(18)23-7-8-24-29(37-23)30(35-15-34-24)38-25-9-17(2)27(12-22(25)32)42-20-11-26-31(33-13-20)39(3)16-36-26/h4,7-9,11-13,15-16,18-19,21H,1,5-6,10,14H2,2-3H3,(H,34,35,38)/t18-,19-,21+/m1/s1. The maximum absolute atomic E-state index is 15.4.